The Labute approximate surface area is 223 Å². The van der Waals surface area contributed by atoms with Crippen molar-refractivity contribution in [1.82, 2.24) is 20.0 Å². The minimum atomic E-state index is -4.49. The number of rotatable bonds is 8. The number of halogens is 3. The van der Waals surface area contributed by atoms with Crippen molar-refractivity contribution in [3.8, 4) is 11.3 Å². The summed E-state index contributed by atoms with van der Waals surface area (Å²) in [5, 5.41) is 4.55. The van der Waals surface area contributed by atoms with Gasteiger partial charge in [-0.1, -0.05) is 54.5 Å². The van der Waals surface area contributed by atoms with E-state index in [9.17, 15) is 18.0 Å². The average molecular weight is 540 g/mol. The number of fused-ring (bicyclic) bond motifs is 1. The van der Waals surface area contributed by atoms with Gasteiger partial charge in [-0.15, -0.1) is 0 Å². The Morgan fingerprint density at radius 2 is 1.79 bits per heavy atom. The van der Waals surface area contributed by atoms with Crippen molar-refractivity contribution in [3.63, 3.8) is 0 Å². The van der Waals surface area contributed by atoms with E-state index < -0.39 is 11.7 Å². The molecule has 2 aromatic carbocycles. The van der Waals surface area contributed by atoms with Gasteiger partial charge in [-0.3, -0.25) is 4.79 Å². The van der Waals surface area contributed by atoms with Crippen LogP contribution in [0.5, 0.6) is 0 Å². The monoisotopic (exact) mass is 539 g/mol. The third-order valence-electron chi connectivity index (χ3n) is 6.57. The van der Waals surface area contributed by atoms with E-state index in [1.54, 1.807) is 11.0 Å². The number of hydrogen-bond acceptors (Lipinski definition) is 7. The summed E-state index contributed by atoms with van der Waals surface area (Å²) in [6, 6.07) is 14.6. The predicted molar refractivity (Wildman–Crippen MR) is 139 cm³/mol. The smallest absolute Gasteiger partial charge is 0.367 e. The Bertz CT molecular complexity index is 1430. The molecule has 204 valence electrons. The van der Waals surface area contributed by atoms with Crippen molar-refractivity contribution in [2.24, 2.45) is 0 Å². The molecule has 8 nitrogen and oxygen atoms in total. The van der Waals surface area contributed by atoms with Crippen molar-refractivity contribution >= 4 is 22.8 Å². The highest BCUT2D eigenvalue weighted by atomic mass is 19.4. The second-order valence-corrected chi connectivity index (χ2v) is 9.35. The molecule has 1 amide bonds. The molecule has 3 heterocycles. The summed E-state index contributed by atoms with van der Waals surface area (Å²) in [7, 11) is 0. The third-order valence-corrected chi connectivity index (χ3v) is 6.57. The molecule has 5 rings (SSSR count). The molecule has 1 saturated heterocycles. The summed E-state index contributed by atoms with van der Waals surface area (Å²) < 4.78 is 51.2. The minimum absolute atomic E-state index is 0.0152. The molecule has 39 heavy (non-hydrogen) atoms. The molecule has 1 aliphatic rings. The molecule has 2 aromatic heterocycles. The molecule has 0 N–H and O–H groups in total. The molecule has 1 aliphatic heterocycles. The molecule has 11 heteroatoms. The maximum Gasteiger partial charge on any atom is 0.416 e. The van der Waals surface area contributed by atoms with Gasteiger partial charge in [0.1, 0.15) is 29.3 Å². The van der Waals surface area contributed by atoms with E-state index in [4.69, 9.17) is 14.2 Å². The van der Waals surface area contributed by atoms with Gasteiger partial charge in [0, 0.05) is 38.2 Å². The highest BCUT2D eigenvalue weighted by Crippen LogP contribution is 2.37. The number of nitrogens with zero attached hydrogens (tertiary/aromatic N) is 5. The molecule has 4 aromatic rings. The van der Waals surface area contributed by atoms with Crippen LogP contribution in [0.25, 0.3) is 22.4 Å². The number of hydrogen-bond donors (Lipinski definition) is 0. The number of anilines is 1. The van der Waals surface area contributed by atoms with Crippen LogP contribution in [-0.2, 0) is 28.7 Å². The Morgan fingerprint density at radius 1 is 1.03 bits per heavy atom. The van der Waals surface area contributed by atoms with Gasteiger partial charge in [0.25, 0.3) is 5.71 Å². The normalized spacial score (nSPS) is 14.3. The first kappa shape index (κ1) is 26.6. The second kappa shape index (κ2) is 11.4. The van der Waals surface area contributed by atoms with Crippen LogP contribution in [0.3, 0.4) is 0 Å². The van der Waals surface area contributed by atoms with Crippen molar-refractivity contribution in [2.45, 2.75) is 32.5 Å². The van der Waals surface area contributed by atoms with E-state index in [2.05, 4.69) is 10.1 Å². The first-order chi connectivity index (χ1) is 18.8. The van der Waals surface area contributed by atoms with Gasteiger partial charge in [-0.2, -0.15) is 18.2 Å². The molecular formula is C28H28F3N5O3. The maximum atomic E-state index is 13.4. The lowest BCUT2D eigenvalue weighted by Crippen LogP contribution is -2.50. The maximum absolute atomic E-state index is 13.4. The fraction of sp³-hybridized carbons (Fsp3) is 0.357. The van der Waals surface area contributed by atoms with Crippen LogP contribution in [-0.4, -0.2) is 58.7 Å². The first-order valence-electron chi connectivity index (χ1n) is 12.8. The lowest BCUT2D eigenvalue weighted by molar-refractivity contribution is -0.138. The zero-order chi connectivity index (χ0) is 27.4. The number of amides is 1. The Morgan fingerprint density at radius 3 is 2.51 bits per heavy atom. The zero-order valence-corrected chi connectivity index (χ0v) is 21.4. The fourth-order valence-electron chi connectivity index (χ4n) is 4.57. The van der Waals surface area contributed by atoms with Gasteiger partial charge in [-0.25, -0.2) is 4.98 Å². The molecule has 0 aliphatic carbocycles. The summed E-state index contributed by atoms with van der Waals surface area (Å²) in [5.41, 5.74) is 0.964. The number of ether oxygens (including phenoxy) is 1. The lowest BCUT2D eigenvalue weighted by atomic mass is 10.1. The number of aromatic nitrogens is 3. The number of carbonyl (C=O) groups excluding carboxylic acids is 1. The van der Waals surface area contributed by atoms with Gasteiger partial charge in [0.05, 0.1) is 12.2 Å². The minimum Gasteiger partial charge on any atom is -0.367 e. The summed E-state index contributed by atoms with van der Waals surface area (Å²) >= 11 is 0. The Kier molecular flexibility index (Phi) is 7.78. The van der Waals surface area contributed by atoms with Crippen molar-refractivity contribution in [1.29, 1.82) is 0 Å². The van der Waals surface area contributed by atoms with Crippen molar-refractivity contribution < 1.29 is 27.2 Å². The molecule has 0 spiro atoms. The zero-order valence-electron chi connectivity index (χ0n) is 21.4. The average Bonchev–Trinajstić information content (AvgIpc) is 3.37. The van der Waals surface area contributed by atoms with E-state index in [-0.39, 0.29) is 29.5 Å². The SMILES string of the molecule is CCCc1nc(N2CCN(C(=O)COCc3ccccc3)CC2)c2c(-c3cccc(C(F)(F)F)c3)noc2n1. The highest BCUT2D eigenvalue weighted by molar-refractivity contribution is 5.98. The van der Waals surface area contributed by atoms with Gasteiger partial charge in [0.2, 0.25) is 5.91 Å². The van der Waals surface area contributed by atoms with Gasteiger partial charge in [0.15, 0.2) is 0 Å². The molecule has 0 bridgehead atoms. The highest BCUT2D eigenvalue weighted by Gasteiger charge is 2.32. The molecule has 0 unspecified atom stereocenters. The van der Waals surface area contributed by atoms with Crippen LogP contribution >= 0.6 is 0 Å². The number of piperazine rings is 1. The summed E-state index contributed by atoms with van der Waals surface area (Å²) in [6.07, 6.45) is -3.07. The van der Waals surface area contributed by atoms with E-state index in [0.29, 0.717) is 56.2 Å². The van der Waals surface area contributed by atoms with E-state index in [1.807, 2.05) is 42.2 Å². The molecular weight excluding hydrogens is 511 g/mol. The number of aryl methyl sites for hydroxylation is 1. The summed E-state index contributed by atoms with van der Waals surface area (Å²) in [6.45, 7) is 4.21. The van der Waals surface area contributed by atoms with Crippen LogP contribution in [0.1, 0.15) is 30.3 Å². The molecule has 0 saturated carbocycles. The number of alkyl halides is 3. The standard InChI is InChI=1S/C28H28F3N5O3/c1-2-7-22-32-26(24-25(34-39-27(24)33-22)20-10-6-11-21(16-20)28(29,30)31)36-14-12-35(13-15-36)23(37)18-38-17-19-8-4-3-5-9-19/h3-6,8-11,16H,2,7,12-15,17-18H2,1H3. The van der Waals surface area contributed by atoms with Crippen LogP contribution < -0.4 is 4.90 Å². The fourth-order valence-corrected chi connectivity index (χ4v) is 4.57. The predicted octanol–water partition coefficient (Wildman–Crippen LogP) is 5.12. The topological polar surface area (TPSA) is 84.6 Å². The van der Waals surface area contributed by atoms with Crippen molar-refractivity contribution in [2.75, 3.05) is 37.7 Å². The molecule has 1 fully saturated rings. The van der Waals surface area contributed by atoms with Gasteiger partial charge < -0.3 is 19.1 Å². The second-order valence-electron chi connectivity index (χ2n) is 9.35. The number of carbonyl (C=O) groups is 1. The lowest BCUT2D eigenvalue weighted by Gasteiger charge is -2.35. The largest absolute Gasteiger partial charge is 0.416 e. The number of benzene rings is 2. The summed E-state index contributed by atoms with van der Waals surface area (Å²) in [5.74, 6) is 1.02. The van der Waals surface area contributed by atoms with Gasteiger partial charge in [-0.05, 0) is 24.1 Å². The van der Waals surface area contributed by atoms with Crippen molar-refractivity contribution in [3.05, 3.63) is 71.5 Å². The summed E-state index contributed by atoms with van der Waals surface area (Å²) in [4.78, 5) is 25.7. The Hall–Kier alpha value is -3.99. The van der Waals surface area contributed by atoms with E-state index >= 15 is 0 Å². The first-order valence-corrected chi connectivity index (χ1v) is 12.8. The van der Waals surface area contributed by atoms with Crippen LogP contribution in [0, 0.1) is 0 Å². The third kappa shape index (κ3) is 6.03. The van der Waals surface area contributed by atoms with E-state index in [0.717, 1.165) is 24.1 Å². The quantitative estimate of drug-likeness (QED) is 0.307. The van der Waals surface area contributed by atoms with E-state index in [1.165, 1.54) is 6.07 Å². The van der Waals surface area contributed by atoms with Crippen LogP contribution in [0.15, 0.2) is 59.1 Å². The molecule has 0 atom stereocenters. The Balaban J connectivity index is 1.35. The molecule has 0 radical (unpaired) electrons. The van der Waals surface area contributed by atoms with Crippen LogP contribution in [0.2, 0.25) is 0 Å². The van der Waals surface area contributed by atoms with Crippen LogP contribution in [0.4, 0.5) is 19.0 Å². The van der Waals surface area contributed by atoms with Gasteiger partial charge >= 0.3 is 6.18 Å².